The minimum absolute atomic E-state index is 0.100. The maximum atomic E-state index is 13.2. The van der Waals surface area contributed by atoms with Crippen LogP contribution in [0.15, 0.2) is 57.3 Å². The maximum Gasteiger partial charge on any atom is 0.253 e. The number of thioether (sulfide) groups is 1. The van der Waals surface area contributed by atoms with E-state index in [0.717, 1.165) is 27.8 Å². The molecule has 32 heavy (non-hydrogen) atoms. The normalized spacial score (nSPS) is 15.9. The highest BCUT2D eigenvalue weighted by molar-refractivity contribution is 7.99. The van der Waals surface area contributed by atoms with Crippen molar-refractivity contribution in [2.45, 2.75) is 38.0 Å². The summed E-state index contributed by atoms with van der Waals surface area (Å²) in [6, 6.07) is 10.9. The molecule has 1 aliphatic heterocycles. The largest absolute Gasteiger partial charge is 0.467 e. The molecule has 4 rings (SSSR count). The molecule has 0 radical (unpaired) electrons. The number of aryl methyl sites for hydroxylation is 1. The zero-order valence-corrected chi connectivity index (χ0v) is 19.8. The summed E-state index contributed by atoms with van der Waals surface area (Å²) in [4.78, 5) is 17.9. The zero-order valence-electron chi connectivity index (χ0n) is 18.2. The first-order valence-corrected chi connectivity index (χ1v) is 11.7. The van der Waals surface area contributed by atoms with Crippen LogP contribution in [-0.4, -0.2) is 45.6 Å². The number of methoxy groups -OCH3 is 1. The smallest absolute Gasteiger partial charge is 0.253 e. The van der Waals surface area contributed by atoms with Gasteiger partial charge >= 0.3 is 0 Å². The van der Waals surface area contributed by atoms with Gasteiger partial charge in [-0.1, -0.05) is 35.5 Å². The average Bonchev–Trinajstić information content (AvgIpc) is 3.52. The second kappa shape index (κ2) is 9.94. The van der Waals surface area contributed by atoms with Gasteiger partial charge in [-0.15, -0.1) is 0 Å². The van der Waals surface area contributed by atoms with E-state index in [1.807, 2.05) is 50.2 Å². The van der Waals surface area contributed by atoms with Crippen LogP contribution in [0.1, 0.15) is 35.2 Å². The molecule has 0 bridgehead atoms. The van der Waals surface area contributed by atoms with E-state index in [9.17, 15) is 4.79 Å². The van der Waals surface area contributed by atoms with Crippen LogP contribution in [0.3, 0.4) is 0 Å². The highest BCUT2D eigenvalue weighted by Crippen LogP contribution is 2.34. The fraction of sp³-hybridized carbons (Fsp3) is 0.348. The molecule has 168 valence electrons. The summed E-state index contributed by atoms with van der Waals surface area (Å²) in [5, 5.41) is 7.68. The number of amides is 1. The average molecular weight is 473 g/mol. The lowest BCUT2D eigenvalue weighted by atomic mass is 10.0. The van der Waals surface area contributed by atoms with E-state index in [0.29, 0.717) is 30.4 Å². The highest BCUT2D eigenvalue weighted by Gasteiger charge is 2.35. The summed E-state index contributed by atoms with van der Waals surface area (Å²) in [7, 11) is 1.67. The van der Waals surface area contributed by atoms with Gasteiger partial charge in [-0.25, -0.2) is 9.99 Å². The van der Waals surface area contributed by atoms with Crippen LogP contribution in [0.25, 0.3) is 0 Å². The Bertz CT molecular complexity index is 1110. The van der Waals surface area contributed by atoms with Crippen molar-refractivity contribution in [3.8, 4) is 0 Å². The van der Waals surface area contributed by atoms with Crippen molar-refractivity contribution in [3.63, 3.8) is 0 Å². The molecular weight excluding hydrogens is 448 g/mol. The van der Waals surface area contributed by atoms with Crippen molar-refractivity contribution in [3.05, 3.63) is 70.4 Å². The van der Waals surface area contributed by atoms with Crippen LogP contribution in [0.5, 0.6) is 0 Å². The SMILES string of the molecule is COCCn1c(SCC(=O)N2N=C(c3ccc(Cl)cc3)CC2c2ccco2)nc(C)c1C. The number of nitrogens with zero attached hydrogens (tertiary/aromatic N) is 4. The molecule has 1 unspecified atom stereocenters. The fourth-order valence-electron chi connectivity index (χ4n) is 3.63. The van der Waals surface area contributed by atoms with Gasteiger partial charge in [-0.2, -0.15) is 5.10 Å². The Morgan fingerprint density at radius 1 is 1.28 bits per heavy atom. The van der Waals surface area contributed by atoms with Crippen molar-refractivity contribution < 1.29 is 13.9 Å². The third kappa shape index (κ3) is 4.77. The van der Waals surface area contributed by atoms with Gasteiger partial charge in [0.15, 0.2) is 5.16 Å². The van der Waals surface area contributed by atoms with Crippen LogP contribution in [0.4, 0.5) is 0 Å². The molecule has 7 nitrogen and oxygen atoms in total. The van der Waals surface area contributed by atoms with Gasteiger partial charge < -0.3 is 13.7 Å². The Morgan fingerprint density at radius 2 is 2.06 bits per heavy atom. The van der Waals surface area contributed by atoms with Gasteiger partial charge in [0, 0.05) is 30.8 Å². The number of aromatic nitrogens is 2. The van der Waals surface area contributed by atoms with Gasteiger partial charge in [0.2, 0.25) is 0 Å². The third-order valence-electron chi connectivity index (χ3n) is 5.48. The van der Waals surface area contributed by atoms with Crippen molar-refractivity contribution in [1.29, 1.82) is 0 Å². The van der Waals surface area contributed by atoms with Crippen molar-refractivity contribution in [2.75, 3.05) is 19.5 Å². The van der Waals surface area contributed by atoms with Gasteiger partial charge in [0.25, 0.3) is 5.91 Å². The molecule has 1 aliphatic rings. The molecule has 0 fully saturated rings. The van der Waals surface area contributed by atoms with E-state index < -0.39 is 0 Å². The van der Waals surface area contributed by atoms with Crippen molar-refractivity contribution >= 4 is 35.0 Å². The third-order valence-corrected chi connectivity index (χ3v) is 6.69. The van der Waals surface area contributed by atoms with Crippen LogP contribution in [0.2, 0.25) is 5.02 Å². The monoisotopic (exact) mass is 472 g/mol. The number of imidazole rings is 1. The molecule has 0 N–H and O–H groups in total. The van der Waals surface area contributed by atoms with E-state index >= 15 is 0 Å². The van der Waals surface area contributed by atoms with E-state index in [4.69, 9.17) is 20.8 Å². The Balaban J connectivity index is 1.54. The molecule has 2 aromatic heterocycles. The zero-order chi connectivity index (χ0) is 22.7. The number of rotatable bonds is 8. The quantitative estimate of drug-likeness (QED) is 0.437. The standard InChI is InChI=1S/C23H25ClN4O3S/c1-15-16(2)27(10-12-30-3)23(25-15)32-14-22(29)28-20(21-5-4-11-31-21)13-19(26-28)17-6-8-18(24)9-7-17/h4-9,11,20H,10,12-14H2,1-3H3. The fourth-order valence-corrected chi connectivity index (χ4v) is 4.73. The van der Waals surface area contributed by atoms with Crippen molar-refractivity contribution in [2.24, 2.45) is 5.10 Å². The predicted molar refractivity (Wildman–Crippen MR) is 125 cm³/mol. The summed E-state index contributed by atoms with van der Waals surface area (Å²) >= 11 is 7.44. The minimum Gasteiger partial charge on any atom is -0.467 e. The number of ether oxygens (including phenoxy) is 1. The number of halogens is 1. The summed E-state index contributed by atoms with van der Waals surface area (Å²) in [6.07, 6.45) is 2.19. The number of hydrazone groups is 1. The van der Waals surface area contributed by atoms with Gasteiger partial charge in [0.05, 0.1) is 30.0 Å². The van der Waals surface area contributed by atoms with Gasteiger partial charge in [-0.05, 0) is 43.7 Å². The molecule has 0 spiro atoms. The topological polar surface area (TPSA) is 72.9 Å². The summed E-state index contributed by atoms with van der Waals surface area (Å²) in [6.45, 7) is 5.28. The number of carbonyl (C=O) groups is 1. The first kappa shape index (κ1) is 22.6. The molecule has 3 aromatic rings. The van der Waals surface area contributed by atoms with E-state index in [2.05, 4.69) is 14.7 Å². The van der Waals surface area contributed by atoms with Gasteiger partial charge in [0.1, 0.15) is 11.8 Å². The Labute approximate surface area is 196 Å². The molecule has 1 atom stereocenters. The molecule has 1 amide bonds. The first-order valence-electron chi connectivity index (χ1n) is 10.3. The molecule has 0 saturated carbocycles. The summed E-state index contributed by atoms with van der Waals surface area (Å²) in [5.41, 5.74) is 3.80. The number of furan rings is 1. The van der Waals surface area contributed by atoms with E-state index in [1.165, 1.54) is 16.8 Å². The van der Waals surface area contributed by atoms with Crippen LogP contribution in [-0.2, 0) is 16.1 Å². The summed E-state index contributed by atoms with van der Waals surface area (Å²) < 4.78 is 12.9. The lowest BCUT2D eigenvalue weighted by Gasteiger charge is -2.19. The lowest BCUT2D eigenvalue weighted by Crippen LogP contribution is -2.28. The second-order valence-electron chi connectivity index (χ2n) is 7.53. The molecule has 9 heteroatoms. The predicted octanol–water partition coefficient (Wildman–Crippen LogP) is 4.86. The second-order valence-corrected chi connectivity index (χ2v) is 8.90. The van der Waals surface area contributed by atoms with Crippen molar-refractivity contribution in [1.82, 2.24) is 14.6 Å². The van der Waals surface area contributed by atoms with Crippen LogP contribution < -0.4 is 0 Å². The minimum atomic E-state index is -0.277. The Morgan fingerprint density at radius 3 is 2.75 bits per heavy atom. The number of hydrogen-bond acceptors (Lipinski definition) is 6. The van der Waals surface area contributed by atoms with Gasteiger partial charge in [-0.3, -0.25) is 4.79 Å². The Hall–Kier alpha value is -2.55. The van der Waals surface area contributed by atoms with Crippen LogP contribution >= 0.6 is 23.4 Å². The molecule has 1 aromatic carbocycles. The highest BCUT2D eigenvalue weighted by atomic mass is 35.5. The van der Waals surface area contributed by atoms with Crippen LogP contribution in [0, 0.1) is 13.8 Å². The molecule has 0 saturated heterocycles. The first-order chi connectivity index (χ1) is 15.5. The molecular formula is C23H25ClN4O3S. The van der Waals surface area contributed by atoms with E-state index in [-0.39, 0.29) is 17.7 Å². The lowest BCUT2D eigenvalue weighted by molar-refractivity contribution is -0.130. The van der Waals surface area contributed by atoms with E-state index in [1.54, 1.807) is 13.4 Å². The summed E-state index contributed by atoms with van der Waals surface area (Å²) in [5.74, 6) is 0.832. The maximum absolute atomic E-state index is 13.2. The number of carbonyl (C=O) groups excluding carboxylic acids is 1. The molecule has 0 aliphatic carbocycles. The number of hydrogen-bond donors (Lipinski definition) is 0. The Kier molecular flexibility index (Phi) is 7.03. The molecule has 3 heterocycles. The number of benzene rings is 1.